The lowest BCUT2D eigenvalue weighted by Crippen LogP contribution is -2.46. The Labute approximate surface area is 224 Å². The lowest BCUT2D eigenvalue weighted by molar-refractivity contribution is -0.137. The van der Waals surface area contributed by atoms with E-state index in [1.807, 2.05) is 0 Å². The third kappa shape index (κ3) is 5.44. The quantitative estimate of drug-likeness (QED) is 0.350. The topological polar surface area (TPSA) is 118 Å². The van der Waals surface area contributed by atoms with Crippen LogP contribution >= 0.6 is 11.3 Å². The van der Waals surface area contributed by atoms with Gasteiger partial charge < -0.3 is 5.11 Å². The van der Waals surface area contributed by atoms with E-state index in [-0.39, 0.29) is 12.8 Å². The summed E-state index contributed by atoms with van der Waals surface area (Å²) < 4.78 is 122. The molecule has 1 saturated carbocycles. The van der Waals surface area contributed by atoms with E-state index >= 15 is 0 Å². The van der Waals surface area contributed by atoms with Crippen molar-refractivity contribution in [2.75, 3.05) is 0 Å². The highest BCUT2D eigenvalue weighted by molar-refractivity contribution is 7.92. The molecule has 1 aliphatic carbocycles. The van der Waals surface area contributed by atoms with Crippen LogP contribution in [0.2, 0.25) is 0 Å². The second kappa shape index (κ2) is 10.3. The van der Waals surface area contributed by atoms with E-state index in [4.69, 9.17) is 0 Å². The minimum Gasteiger partial charge on any atom is -0.477 e. The number of nitrogens with one attached hydrogen (secondary N) is 1. The fraction of sp³-hybridized carbons (Fsp3) is 0.292. The van der Waals surface area contributed by atoms with Crippen LogP contribution < -0.4 is 4.72 Å². The minimum absolute atomic E-state index is 0.179. The van der Waals surface area contributed by atoms with Crippen molar-refractivity contribution < 1.29 is 48.7 Å². The number of carboxylic acid groups (broad SMARTS) is 1. The number of sulfone groups is 1. The molecule has 1 fully saturated rings. The third-order valence-electron chi connectivity index (χ3n) is 6.65. The fourth-order valence-electron chi connectivity index (χ4n) is 4.73. The number of sulfonamides is 1. The highest BCUT2D eigenvalue weighted by atomic mass is 32.2. The van der Waals surface area contributed by atoms with E-state index in [9.17, 15) is 48.7 Å². The molecular formula is C24H20F5NO6S3. The standard InChI is InChI=1S/C24H20F5NO6S3/c25-15-3-6-19(26)18(13-15)23(38(33,34)17-4-1-14(2-5-17)24(27,28)29)10-7-16(8-11-23)30-39(35,36)20-9-12-37-21(20)22(31)32/h1-6,9,12-13,16,30H,7-8,10-11H2,(H,31,32). The number of aromatic carboxylic acids is 1. The molecule has 0 saturated heterocycles. The van der Waals surface area contributed by atoms with Gasteiger partial charge in [0.2, 0.25) is 10.0 Å². The summed E-state index contributed by atoms with van der Waals surface area (Å²) in [7, 11) is -8.96. The largest absolute Gasteiger partial charge is 0.477 e. The molecule has 1 aliphatic rings. The van der Waals surface area contributed by atoms with Gasteiger partial charge in [-0.1, -0.05) is 0 Å². The number of carbonyl (C=O) groups is 1. The van der Waals surface area contributed by atoms with Crippen molar-refractivity contribution in [3.63, 3.8) is 0 Å². The Morgan fingerprint density at radius 3 is 2.15 bits per heavy atom. The smallest absolute Gasteiger partial charge is 0.416 e. The second-order valence-electron chi connectivity index (χ2n) is 8.96. The molecule has 1 heterocycles. The van der Waals surface area contributed by atoms with Crippen LogP contribution in [-0.4, -0.2) is 34.0 Å². The number of hydrogen-bond acceptors (Lipinski definition) is 6. The number of alkyl halides is 3. The van der Waals surface area contributed by atoms with Crippen molar-refractivity contribution in [3.8, 4) is 0 Å². The first-order valence-corrected chi connectivity index (χ1v) is 15.1. The first-order chi connectivity index (χ1) is 18.1. The summed E-state index contributed by atoms with van der Waals surface area (Å²) in [6.07, 6.45) is -5.89. The van der Waals surface area contributed by atoms with E-state index in [1.165, 1.54) is 5.38 Å². The van der Waals surface area contributed by atoms with Crippen molar-refractivity contribution in [2.24, 2.45) is 0 Å². The van der Waals surface area contributed by atoms with Gasteiger partial charge in [-0.3, -0.25) is 0 Å². The van der Waals surface area contributed by atoms with Gasteiger partial charge in [0.1, 0.15) is 26.2 Å². The van der Waals surface area contributed by atoms with Crippen molar-refractivity contribution in [1.29, 1.82) is 0 Å². The summed E-state index contributed by atoms with van der Waals surface area (Å²) in [4.78, 5) is 9.94. The van der Waals surface area contributed by atoms with Gasteiger partial charge in [-0.2, -0.15) is 13.2 Å². The van der Waals surface area contributed by atoms with Gasteiger partial charge in [0, 0.05) is 11.6 Å². The van der Waals surface area contributed by atoms with Crippen LogP contribution in [0.1, 0.15) is 46.5 Å². The molecule has 2 aromatic carbocycles. The van der Waals surface area contributed by atoms with Crippen LogP contribution in [0.3, 0.4) is 0 Å². The van der Waals surface area contributed by atoms with Gasteiger partial charge in [-0.05, 0) is 79.6 Å². The number of hydrogen-bond donors (Lipinski definition) is 2. The van der Waals surface area contributed by atoms with Gasteiger partial charge in [-0.25, -0.2) is 35.1 Å². The lowest BCUT2D eigenvalue weighted by Gasteiger charge is -2.40. The molecule has 4 rings (SSSR count). The zero-order valence-electron chi connectivity index (χ0n) is 19.7. The first-order valence-electron chi connectivity index (χ1n) is 11.3. The fourth-order valence-corrected chi connectivity index (χ4v) is 9.46. The Morgan fingerprint density at radius 1 is 0.974 bits per heavy atom. The van der Waals surface area contributed by atoms with Crippen molar-refractivity contribution in [2.45, 2.75) is 52.4 Å². The van der Waals surface area contributed by atoms with Crippen LogP contribution in [0.25, 0.3) is 0 Å². The molecule has 15 heteroatoms. The van der Waals surface area contributed by atoms with Gasteiger partial charge in [0.05, 0.1) is 10.5 Å². The maximum atomic E-state index is 15.0. The Balaban J connectivity index is 1.71. The van der Waals surface area contributed by atoms with E-state index in [0.29, 0.717) is 29.5 Å². The number of carboxylic acids is 1. The second-order valence-corrected chi connectivity index (χ2v) is 13.8. The van der Waals surface area contributed by atoms with E-state index in [1.54, 1.807) is 0 Å². The molecule has 0 amide bonds. The van der Waals surface area contributed by atoms with E-state index < -0.39 is 93.1 Å². The summed E-state index contributed by atoms with van der Waals surface area (Å²) in [5.74, 6) is -3.43. The number of thiophene rings is 1. The Hall–Kier alpha value is -2.88. The molecule has 7 nitrogen and oxygen atoms in total. The van der Waals surface area contributed by atoms with Crippen LogP contribution in [0, 0.1) is 11.6 Å². The van der Waals surface area contributed by atoms with E-state index in [0.717, 1.165) is 30.3 Å². The third-order valence-corrected chi connectivity index (χ3v) is 11.8. The number of rotatable bonds is 7. The normalized spacial score (nSPS) is 20.6. The molecule has 210 valence electrons. The summed E-state index contributed by atoms with van der Waals surface area (Å²) in [6, 6.07) is 5.11. The summed E-state index contributed by atoms with van der Waals surface area (Å²) in [5, 5.41) is 10.5. The van der Waals surface area contributed by atoms with Crippen LogP contribution in [0.15, 0.2) is 63.7 Å². The highest BCUT2D eigenvalue weighted by Crippen LogP contribution is 2.48. The minimum atomic E-state index is -4.73. The van der Waals surface area contributed by atoms with Gasteiger partial charge in [-0.15, -0.1) is 11.3 Å². The molecule has 39 heavy (non-hydrogen) atoms. The molecule has 2 N–H and O–H groups in total. The number of halogens is 5. The maximum absolute atomic E-state index is 15.0. The molecule has 0 spiro atoms. The Kier molecular flexibility index (Phi) is 7.66. The van der Waals surface area contributed by atoms with Crippen LogP contribution in [0.5, 0.6) is 0 Å². The molecule has 0 unspecified atom stereocenters. The Morgan fingerprint density at radius 2 is 1.59 bits per heavy atom. The zero-order valence-corrected chi connectivity index (χ0v) is 22.2. The lowest BCUT2D eigenvalue weighted by atomic mass is 9.80. The van der Waals surface area contributed by atoms with Crippen molar-refractivity contribution in [3.05, 3.63) is 81.5 Å². The highest BCUT2D eigenvalue weighted by Gasteiger charge is 2.50. The molecule has 3 aromatic rings. The summed E-state index contributed by atoms with van der Waals surface area (Å²) >= 11 is 0.704. The number of benzene rings is 2. The SMILES string of the molecule is O=C(O)c1sccc1S(=O)(=O)NC1CCC(c2cc(F)ccc2F)(S(=O)(=O)c2ccc(C(F)(F)F)cc2)CC1. The monoisotopic (exact) mass is 609 g/mol. The van der Waals surface area contributed by atoms with Crippen LogP contribution in [0.4, 0.5) is 22.0 Å². The molecular weight excluding hydrogens is 589 g/mol. The van der Waals surface area contributed by atoms with Gasteiger partial charge in [0.25, 0.3) is 0 Å². The summed E-state index contributed by atoms with van der Waals surface area (Å²) in [6.45, 7) is 0. The van der Waals surface area contributed by atoms with Crippen LogP contribution in [-0.2, 0) is 30.8 Å². The zero-order chi connectivity index (χ0) is 28.8. The molecule has 0 atom stereocenters. The Bertz CT molecular complexity index is 1610. The van der Waals surface area contributed by atoms with Gasteiger partial charge >= 0.3 is 12.1 Å². The van der Waals surface area contributed by atoms with Crippen molar-refractivity contribution in [1.82, 2.24) is 4.72 Å². The molecule has 0 radical (unpaired) electrons. The van der Waals surface area contributed by atoms with Crippen molar-refractivity contribution >= 4 is 37.2 Å². The average molecular weight is 610 g/mol. The maximum Gasteiger partial charge on any atom is 0.416 e. The molecule has 0 bridgehead atoms. The van der Waals surface area contributed by atoms with E-state index in [2.05, 4.69) is 4.72 Å². The summed E-state index contributed by atoms with van der Waals surface area (Å²) in [5.41, 5.74) is -1.62. The molecule has 0 aliphatic heterocycles. The van der Waals surface area contributed by atoms with Gasteiger partial charge in [0.15, 0.2) is 9.84 Å². The average Bonchev–Trinajstić information content (AvgIpc) is 3.37. The first kappa shape index (κ1) is 29.1. The predicted octanol–water partition coefficient (Wildman–Crippen LogP) is 5.33. The predicted molar refractivity (Wildman–Crippen MR) is 131 cm³/mol. The molecule has 1 aromatic heterocycles.